The van der Waals surface area contributed by atoms with E-state index >= 15 is 0 Å². The highest BCUT2D eigenvalue weighted by atomic mass is 35.5. The summed E-state index contributed by atoms with van der Waals surface area (Å²) in [5.74, 6) is -2.24. The molecule has 1 saturated heterocycles. The van der Waals surface area contributed by atoms with Crippen molar-refractivity contribution in [2.24, 2.45) is 13.0 Å². The quantitative estimate of drug-likeness (QED) is 0.322. The van der Waals surface area contributed by atoms with Gasteiger partial charge in [-0.25, -0.2) is 4.98 Å². The van der Waals surface area contributed by atoms with Gasteiger partial charge in [-0.05, 0) is 67.2 Å². The number of methoxy groups -OCH3 is 1. The number of imidazole rings is 1. The molecule has 0 aliphatic carbocycles. The molecule has 1 aliphatic heterocycles. The normalized spacial score (nSPS) is 15.0. The Labute approximate surface area is 219 Å². The molecule has 1 amide bonds. The number of hydrogen-bond donors (Lipinski definition) is 0. The van der Waals surface area contributed by atoms with E-state index in [1.165, 1.54) is 12.1 Å². The van der Waals surface area contributed by atoms with E-state index in [1.54, 1.807) is 37.8 Å². The number of allylic oxidation sites excluding steroid dienone is 1. The molecule has 1 aromatic heterocycles. The minimum atomic E-state index is -3.15. The number of halogens is 4. The van der Waals surface area contributed by atoms with Crippen LogP contribution in [0.25, 0.3) is 11.0 Å². The van der Waals surface area contributed by atoms with Crippen molar-refractivity contribution in [2.45, 2.75) is 32.1 Å². The van der Waals surface area contributed by atoms with E-state index in [1.807, 2.05) is 4.90 Å². The number of nitrogens with zero attached hydrogens (tertiary/aromatic N) is 3. The van der Waals surface area contributed by atoms with Gasteiger partial charge in [-0.2, -0.15) is 8.78 Å². The number of fused-ring (bicyclic) bond motifs is 1. The lowest BCUT2D eigenvalue weighted by Gasteiger charge is -2.32. The van der Waals surface area contributed by atoms with Crippen molar-refractivity contribution in [1.82, 2.24) is 14.5 Å². The molecule has 192 valence electrons. The summed E-state index contributed by atoms with van der Waals surface area (Å²) < 4.78 is 35.6. The van der Waals surface area contributed by atoms with Gasteiger partial charge < -0.3 is 14.2 Å². The molecule has 4 rings (SSSR count). The van der Waals surface area contributed by atoms with Crippen molar-refractivity contribution in [3.63, 3.8) is 0 Å². The number of likely N-dealkylation sites (tertiary alicyclic amines) is 1. The third-order valence-corrected chi connectivity index (χ3v) is 7.75. The van der Waals surface area contributed by atoms with Crippen LogP contribution in [0.1, 0.15) is 45.7 Å². The smallest absolute Gasteiger partial charge is 0.291 e. The lowest BCUT2D eigenvalue weighted by atomic mass is 9.97. The van der Waals surface area contributed by atoms with Crippen LogP contribution in [-0.4, -0.2) is 47.2 Å². The molecule has 1 aliphatic rings. The Balaban J connectivity index is 1.65. The second-order valence-electron chi connectivity index (χ2n) is 9.33. The molecule has 3 aromatic rings. The summed E-state index contributed by atoms with van der Waals surface area (Å²) in [5, 5.41) is 0.701. The average molecular weight is 536 g/mol. The lowest BCUT2D eigenvalue weighted by molar-refractivity contribution is 0.0526. The predicted octanol–water partition coefficient (Wildman–Crippen LogP) is 6.56. The molecule has 9 heteroatoms. The summed E-state index contributed by atoms with van der Waals surface area (Å²) in [4.78, 5) is 19.8. The van der Waals surface area contributed by atoms with Crippen molar-refractivity contribution in [3.05, 3.63) is 75.0 Å². The number of rotatable bonds is 7. The van der Waals surface area contributed by atoms with Crippen LogP contribution in [0.2, 0.25) is 10.0 Å². The molecule has 0 bridgehead atoms. The molecule has 0 radical (unpaired) electrons. The summed E-state index contributed by atoms with van der Waals surface area (Å²) in [6.07, 6.45) is 2.63. The second-order valence-corrected chi connectivity index (χ2v) is 10.1. The Morgan fingerprint density at radius 1 is 1.28 bits per heavy atom. The maximum Gasteiger partial charge on any atom is 0.291 e. The number of ether oxygens (including phenoxy) is 1. The fourth-order valence-electron chi connectivity index (χ4n) is 4.77. The molecule has 2 heterocycles. The zero-order chi connectivity index (χ0) is 26.2. The number of carbonyl (C=O) groups excluding carboxylic acids is 1. The van der Waals surface area contributed by atoms with Crippen LogP contribution in [0.4, 0.5) is 8.78 Å². The first kappa shape index (κ1) is 26.6. The highest BCUT2D eigenvalue weighted by molar-refractivity contribution is 6.38. The minimum Gasteiger partial charge on any atom is -0.384 e. The van der Waals surface area contributed by atoms with Crippen LogP contribution in [-0.2, 0) is 24.1 Å². The van der Waals surface area contributed by atoms with Crippen LogP contribution < -0.4 is 0 Å². The number of aryl methyl sites for hydroxylation is 2. The summed E-state index contributed by atoms with van der Waals surface area (Å²) in [7, 11) is 3.45. The molecule has 36 heavy (non-hydrogen) atoms. The van der Waals surface area contributed by atoms with Crippen LogP contribution in [0.3, 0.4) is 0 Å². The molecule has 0 N–H and O–H groups in total. The van der Waals surface area contributed by atoms with Gasteiger partial charge in [0.25, 0.3) is 11.8 Å². The Hall–Kier alpha value is -2.48. The van der Waals surface area contributed by atoms with Gasteiger partial charge in [0.05, 0.1) is 21.6 Å². The van der Waals surface area contributed by atoms with Gasteiger partial charge in [-0.3, -0.25) is 4.79 Å². The zero-order valence-corrected chi connectivity index (χ0v) is 22.1. The van der Waals surface area contributed by atoms with Gasteiger partial charge in [-0.15, -0.1) is 0 Å². The molecule has 0 atom stereocenters. The number of aromatic nitrogens is 2. The van der Waals surface area contributed by atoms with Gasteiger partial charge in [0.15, 0.2) is 0 Å². The van der Waals surface area contributed by atoms with E-state index in [4.69, 9.17) is 32.9 Å². The summed E-state index contributed by atoms with van der Waals surface area (Å²) >= 11 is 13.3. The van der Waals surface area contributed by atoms with Crippen molar-refractivity contribution in [2.75, 3.05) is 26.8 Å². The summed E-state index contributed by atoms with van der Waals surface area (Å²) in [5.41, 5.74) is 2.64. The Bertz CT molecular complexity index is 1310. The number of hydrogen-bond acceptors (Lipinski definition) is 3. The van der Waals surface area contributed by atoms with Crippen LogP contribution in [0.5, 0.6) is 0 Å². The van der Waals surface area contributed by atoms with E-state index in [0.717, 1.165) is 12.8 Å². The average Bonchev–Trinajstić information content (AvgIpc) is 3.18. The topological polar surface area (TPSA) is 47.4 Å². The number of piperidine rings is 1. The number of benzene rings is 2. The van der Waals surface area contributed by atoms with Gasteiger partial charge in [0, 0.05) is 50.9 Å². The van der Waals surface area contributed by atoms with Crippen molar-refractivity contribution < 1.29 is 18.3 Å². The fourth-order valence-corrected chi connectivity index (χ4v) is 5.35. The Morgan fingerprint density at radius 2 is 1.97 bits per heavy atom. The maximum atomic E-state index is 14.3. The first-order valence-corrected chi connectivity index (χ1v) is 12.6. The zero-order valence-electron chi connectivity index (χ0n) is 20.6. The van der Waals surface area contributed by atoms with Gasteiger partial charge in [0.2, 0.25) is 0 Å². The molecule has 0 unspecified atom stereocenters. The maximum absolute atomic E-state index is 14.3. The first-order valence-electron chi connectivity index (χ1n) is 11.8. The van der Waals surface area contributed by atoms with E-state index in [0.29, 0.717) is 70.3 Å². The lowest BCUT2D eigenvalue weighted by Crippen LogP contribution is -2.39. The van der Waals surface area contributed by atoms with Gasteiger partial charge in [0.1, 0.15) is 5.82 Å². The third-order valence-electron chi connectivity index (χ3n) is 6.97. The highest BCUT2D eigenvalue weighted by Crippen LogP contribution is 2.35. The van der Waals surface area contributed by atoms with Crippen LogP contribution in [0, 0.1) is 12.8 Å². The van der Waals surface area contributed by atoms with Gasteiger partial charge in [-0.1, -0.05) is 29.8 Å². The first-order chi connectivity index (χ1) is 17.1. The Kier molecular flexibility index (Phi) is 7.74. The van der Waals surface area contributed by atoms with Crippen molar-refractivity contribution in [1.29, 1.82) is 0 Å². The van der Waals surface area contributed by atoms with Crippen molar-refractivity contribution >= 4 is 40.1 Å². The number of carbonyl (C=O) groups is 1. The third kappa shape index (κ3) is 5.01. The number of alkyl halides is 2. The van der Waals surface area contributed by atoms with Crippen LogP contribution >= 0.6 is 23.2 Å². The standard InChI is InChI=1S/C27H29Cl2F2N3O2/c1-5-27(30,31)18-12-16(2)25-22(13-18)33(3)23(32-25)14-20-21(28)7-6-19(24(20)29)26(35)34-10-8-17(9-11-34)15-36-4/h5-7,12-13,17H,1,8-11,14-15H2,2-4H3. The van der Waals surface area contributed by atoms with E-state index in [9.17, 15) is 13.6 Å². The largest absolute Gasteiger partial charge is 0.384 e. The Morgan fingerprint density at radius 3 is 2.61 bits per heavy atom. The molecular weight excluding hydrogens is 507 g/mol. The molecule has 0 spiro atoms. The van der Waals surface area contributed by atoms with E-state index in [-0.39, 0.29) is 22.9 Å². The summed E-state index contributed by atoms with van der Waals surface area (Å²) in [6, 6.07) is 6.18. The van der Waals surface area contributed by atoms with E-state index < -0.39 is 5.92 Å². The minimum absolute atomic E-state index is 0.133. The summed E-state index contributed by atoms with van der Waals surface area (Å²) in [6.45, 7) is 6.97. The number of amides is 1. The monoisotopic (exact) mass is 535 g/mol. The second kappa shape index (κ2) is 10.5. The molecule has 5 nitrogen and oxygen atoms in total. The molecule has 2 aromatic carbocycles. The van der Waals surface area contributed by atoms with Crippen molar-refractivity contribution in [3.8, 4) is 0 Å². The highest BCUT2D eigenvalue weighted by Gasteiger charge is 2.29. The SMILES string of the molecule is C=CC(F)(F)c1cc(C)c2nc(Cc3c(Cl)ccc(C(=O)N4CCC(COC)CC4)c3Cl)n(C)c2c1. The predicted molar refractivity (Wildman–Crippen MR) is 139 cm³/mol. The molecule has 0 saturated carbocycles. The fraction of sp³-hybridized carbons (Fsp3) is 0.407. The van der Waals surface area contributed by atoms with Gasteiger partial charge >= 0.3 is 0 Å². The van der Waals surface area contributed by atoms with Crippen LogP contribution in [0.15, 0.2) is 36.9 Å². The molecule has 1 fully saturated rings. The molecular formula is C27H29Cl2F2N3O2. The van der Waals surface area contributed by atoms with E-state index in [2.05, 4.69) is 6.58 Å².